The smallest absolute Gasteiger partial charge is 0.130 e. The van der Waals surface area contributed by atoms with Gasteiger partial charge in [0.25, 0.3) is 0 Å². The van der Waals surface area contributed by atoms with Gasteiger partial charge in [-0.25, -0.2) is 0 Å². The van der Waals surface area contributed by atoms with Crippen molar-refractivity contribution in [3.63, 3.8) is 0 Å². The van der Waals surface area contributed by atoms with Crippen molar-refractivity contribution >= 4 is 13.2 Å². The van der Waals surface area contributed by atoms with Crippen molar-refractivity contribution < 1.29 is 29.9 Å². The Labute approximate surface area is 139 Å². The Hall–Kier alpha value is -0.0877. The van der Waals surface area contributed by atoms with E-state index in [1.54, 1.807) is 14.2 Å². The molecule has 0 N–H and O–H groups in total. The monoisotopic (exact) mass is 388 g/mol. The fourth-order valence-electron chi connectivity index (χ4n) is 2.73. The predicted octanol–water partition coefficient (Wildman–Crippen LogP) is 4.41. The van der Waals surface area contributed by atoms with Crippen LogP contribution >= 0.6 is 7.92 Å². The van der Waals surface area contributed by atoms with Gasteiger partial charge >= 0.3 is 0 Å². The van der Waals surface area contributed by atoms with E-state index in [0.717, 1.165) is 11.5 Å². The third-order valence-corrected chi connectivity index (χ3v) is 6.54. The van der Waals surface area contributed by atoms with E-state index in [1.807, 2.05) is 18.2 Å². The summed E-state index contributed by atoms with van der Waals surface area (Å²) in [5, 5.41) is 1.62. The van der Waals surface area contributed by atoms with Gasteiger partial charge in [-0.3, -0.25) is 0 Å². The van der Waals surface area contributed by atoms with E-state index in [9.17, 15) is 0 Å². The molecule has 118 valence electrons. The molecule has 0 heterocycles. The van der Waals surface area contributed by atoms with Gasteiger partial charge in [0.15, 0.2) is 0 Å². The number of hydrogen-bond acceptors (Lipinski definition) is 2. The van der Waals surface area contributed by atoms with E-state index in [-0.39, 0.29) is 30.7 Å². The van der Waals surface area contributed by atoms with Gasteiger partial charge in [0.1, 0.15) is 11.5 Å². The summed E-state index contributed by atoms with van der Waals surface area (Å²) in [5.74, 6) is 1.88. The maximum Gasteiger partial charge on any atom is 0.130 e. The van der Waals surface area contributed by atoms with Crippen LogP contribution in [0.25, 0.3) is 0 Å². The molecule has 0 saturated carbocycles. The van der Waals surface area contributed by atoms with Crippen LogP contribution in [0.2, 0.25) is 0 Å². The molecule has 0 aliphatic heterocycles. The Morgan fingerprint density at radius 3 is 1.40 bits per heavy atom. The third-order valence-electron chi connectivity index (χ3n) is 2.97. The van der Waals surface area contributed by atoms with Crippen molar-refractivity contribution in [2.75, 3.05) is 14.2 Å². The number of hydrogen-bond donors (Lipinski definition) is 0. The second kappa shape index (κ2) is 7.26. The Kier molecular flexibility index (Phi) is 7.23. The summed E-state index contributed by atoms with van der Waals surface area (Å²) in [7, 11) is 3.03. The number of benzene rings is 1. The SMILES string of the molecule is COc1cccc(OC)c1P(C(C)(C)C)C(C)(C)C.[Pd]. The van der Waals surface area contributed by atoms with Crippen LogP contribution in [0.5, 0.6) is 11.5 Å². The van der Waals surface area contributed by atoms with Crippen LogP contribution in [0, 0.1) is 0 Å². The summed E-state index contributed by atoms with van der Waals surface area (Å²) in [6.45, 7) is 13.8. The molecule has 0 aliphatic rings. The minimum atomic E-state index is -0.441. The summed E-state index contributed by atoms with van der Waals surface area (Å²) < 4.78 is 11.2. The fourth-order valence-corrected chi connectivity index (χ4v) is 6.86. The quantitative estimate of drug-likeness (QED) is 0.564. The normalized spacial score (nSPS) is 12.1. The summed E-state index contributed by atoms with van der Waals surface area (Å²) in [6.07, 6.45) is 0. The Morgan fingerprint density at radius 2 is 1.15 bits per heavy atom. The number of methoxy groups -OCH3 is 2. The molecule has 0 fully saturated rings. The first kappa shape index (κ1) is 19.9. The van der Waals surface area contributed by atoms with Crippen molar-refractivity contribution in [3.8, 4) is 11.5 Å². The van der Waals surface area contributed by atoms with Crippen molar-refractivity contribution in [2.45, 2.75) is 51.9 Å². The summed E-state index contributed by atoms with van der Waals surface area (Å²) in [4.78, 5) is 0. The topological polar surface area (TPSA) is 18.5 Å². The summed E-state index contributed by atoms with van der Waals surface area (Å²) >= 11 is 0. The molecule has 0 spiro atoms. The van der Waals surface area contributed by atoms with Crippen LogP contribution in [-0.2, 0) is 20.4 Å². The van der Waals surface area contributed by atoms with Crippen molar-refractivity contribution in [1.82, 2.24) is 0 Å². The maximum absolute atomic E-state index is 5.60. The average Bonchev–Trinajstić information content (AvgIpc) is 2.25. The van der Waals surface area contributed by atoms with Crippen LogP contribution in [0.1, 0.15) is 41.5 Å². The molecule has 1 rings (SSSR count). The molecule has 1 aromatic carbocycles. The van der Waals surface area contributed by atoms with Gasteiger partial charge in [0.2, 0.25) is 0 Å². The molecule has 1 aromatic rings. The van der Waals surface area contributed by atoms with E-state index < -0.39 is 7.92 Å². The van der Waals surface area contributed by atoms with Gasteiger partial charge in [-0.15, -0.1) is 0 Å². The van der Waals surface area contributed by atoms with Gasteiger partial charge < -0.3 is 9.47 Å². The third kappa shape index (κ3) is 4.45. The van der Waals surface area contributed by atoms with E-state index >= 15 is 0 Å². The van der Waals surface area contributed by atoms with Gasteiger partial charge in [0.05, 0.1) is 19.5 Å². The molecular weight excluding hydrogens is 362 g/mol. The molecule has 4 heteroatoms. The van der Waals surface area contributed by atoms with Gasteiger partial charge in [0, 0.05) is 20.4 Å². The first-order valence-corrected chi connectivity index (χ1v) is 7.98. The minimum Gasteiger partial charge on any atom is -0.496 e. The van der Waals surface area contributed by atoms with Gasteiger partial charge in [-0.05, 0) is 22.4 Å². The molecule has 0 aromatic heterocycles. The maximum atomic E-state index is 5.60. The van der Waals surface area contributed by atoms with Crippen molar-refractivity contribution in [1.29, 1.82) is 0 Å². The number of ether oxygens (including phenoxy) is 2. The zero-order valence-corrected chi connectivity index (χ0v) is 16.3. The Morgan fingerprint density at radius 1 is 0.800 bits per heavy atom. The van der Waals surface area contributed by atoms with Crippen LogP contribution in [0.15, 0.2) is 18.2 Å². The molecule has 2 nitrogen and oxygen atoms in total. The van der Waals surface area contributed by atoms with Crippen LogP contribution < -0.4 is 14.8 Å². The number of rotatable bonds is 3. The van der Waals surface area contributed by atoms with E-state index in [4.69, 9.17) is 9.47 Å². The molecule has 0 saturated heterocycles. The first-order chi connectivity index (χ1) is 8.62. The molecule has 0 aliphatic carbocycles. The molecule has 0 unspecified atom stereocenters. The first-order valence-electron chi connectivity index (χ1n) is 6.64. The second-order valence-corrected chi connectivity index (χ2v) is 10.5. The average molecular weight is 389 g/mol. The molecule has 0 radical (unpaired) electrons. The summed E-state index contributed by atoms with van der Waals surface area (Å²) in [5.41, 5.74) is 0. The Balaban J connectivity index is 0.00000361. The molecular formula is C16H27O2PPd. The predicted molar refractivity (Wildman–Crippen MR) is 85.6 cm³/mol. The Bertz CT molecular complexity index is 397. The van der Waals surface area contributed by atoms with Gasteiger partial charge in [-0.2, -0.15) is 0 Å². The van der Waals surface area contributed by atoms with Crippen LogP contribution in [0.4, 0.5) is 0 Å². The zero-order valence-electron chi connectivity index (χ0n) is 13.8. The fraction of sp³-hybridized carbons (Fsp3) is 0.625. The van der Waals surface area contributed by atoms with Gasteiger partial charge in [-0.1, -0.05) is 55.5 Å². The standard InChI is InChI=1S/C16H27O2P.Pd/c1-15(2,3)19(16(4,5)6)14-12(17-7)10-9-11-13(14)18-8;/h9-11H,1-8H3;. The van der Waals surface area contributed by atoms with Crippen LogP contribution in [0.3, 0.4) is 0 Å². The largest absolute Gasteiger partial charge is 0.496 e. The van der Waals surface area contributed by atoms with Crippen molar-refractivity contribution in [2.24, 2.45) is 0 Å². The summed E-state index contributed by atoms with van der Waals surface area (Å²) in [6, 6.07) is 6.05. The van der Waals surface area contributed by atoms with E-state index in [0.29, 0.717) is 0 Å². The van der Waals surface area contributed by atoms with Crippen LogP contribution in [-0.4, -0.2) is 24.5 Å². The molecule has 0 amide bonds. The van der Waals surface area contributed by atoms with E-state index in [2.05, 4.69) is 41.5 Å². The van der Waals surface area contributed by atoms with E-state index in [1.165, 1.54) is 5.30 Å². The molecule has 20 heavy (non-hydrogen) atoms. The second-order valence-electron chi connectivity index (χ2n) is 6.69. The zero-order chi connectivity index (χ0) is 14.8. The molecule has 0 bridgehead atoms. The van der Waals surface area contributed by atoms with Crippen molar-refractivity contribution in [3.05, 3.63) is 18.2 Å². The minimum absolute atomic E-state index is 0. The molecule has 0 atom stereocenters.